The number of amides is 1. The fourth-order valence-electron chi connectivity index (χ4n) is 3.89. The summed E-state index contributed by atoms with van der Waals surface area (Å²) in [5, 5.41) is 21.5. The average molecular weight is 395 g/mol. The number of likely N-dealkylation sites (tertiary alicyclic amines) is 1. The maximum atomic E-state index is 12.2. The normalized spacial score (nSPS) is 18.0. The van der Waals surface area contributed by atoms with Crippen LogP contribution in [0.5, 0.6) is 0 Å². The zero-order chi connectivity index (χ0) is 20.6. The highest BCUT2D eigenvalue weighted by Gasteiger charge is 2.28. The van der Waals surface area contributed by atoms with Gasteiger partial charge in [0.05, 0.1) is 12.1 Å². The molecule has 1 amide bonds. The lowest BCUT2D eigenvalue weighted by molar-refractivity contribution is -0.137. The number of hydrogen-bond donors (Lipinski definition) is 2. The van der Waals surface area contributed by atoms with Crippen LogP contribution in [0.1, 0.15) is 56.6 Å². The smallest absolute Gasteiger partial charge is 0.303 e. The van der Waals surface area contributed by atoms with Crippen LogP contribution in [0.4, 0.5) is 0 Å². The largest absolute Gasteiger partial charge is 0.481 e. The first-order valence-electron chi connectivity index (χ1n) is 10.4. The van der Waals surface area contributed by atoms with Gasteiger partial charge in [-0.25, -0.2) is 0 Å². The quantitative estimate of drug-likeness (QED) is 0.460. The lowest BCUT2D eigenvalue weighted by Gasteiger charge is -2.22. The number of carboxylic acid groups (broad SMARTS) is 1. The van der Waals surface area contributed by atoms with Gasteiger partial charge in [0.1, 0.15) is 0 Å². The second kappa shape index (κ2) is 10.2. The van der Waals surface area contributed by atoms with E-state index in [1.807, 2.05) is 53.4 Å². The van der Waals surface area contributed by atoms with E-state index in [2.05, 4.69) is 0 Å². The van der Waals surface area contributed by atoms with Crippen molar-refractivity contribution in [2.45, 2.75) is 57.1 Å². The number of aliphatic hydroxyl groups excluding tert-OH is 1. The van der Waals surface area contributed by atoms with Gasteiger partial charge in [-0.2, -0.15) is 0 Å². The summed E-state index contributed by atoms with van der Waals surface area (Å²) < 4.78 is 0. The zero-order valence-corrected chi connectivity index (χ0v) is 16.7. The average Bonchev–Trinajstić information content (AvgIpc) is 3.07. The third kappa shape index (κ3) is 5.91. The monoisotopic (exact) mass is 395 g/mol. The molecule has 154 valence electrons. The molecule has 5 nitrogen and oxygen atoms in total. The molecule has 1 saturated heterocycles. The number of carbonyl (C=O) groups is 2. The van der Waals surface area contributed by atoms with Gasteiger partial charge in [-0.1, -0.05) is 61.4 Å². The van der Waals surface area contributed by atoms with E-state index in [-0.39, 0.29) is 18.4 Å². The van der Waals surface area contributed by atoms with Crippen molar-refractivity contribution in [3.8, 4) is 0 Å². The van der Waals surface area contributed by atoms with Gasteiger partial charge < -0.3 is 15.1 Å². The van der Waals surface area contributed by atoms with Crippen LogP contribution in [0.25, 0.3) is 10.8 Å². The first kappa shape index (κ1) is 21.1. The Hall–Kier alpha value is -2.66. The molecule has 1 heterocycles. The molecule has 0 bridgehead atoms. The van der Waals surface area contributed by atoms with Crippen LogP contribution in [0, 0.1) is 0 Å². The lowest BCUT2D eigenvalue weighted by atomic mass is 10.0. The van der Waals surface area contributed by atoms with Gasteiger partial charge in [0, 0.05) is 19.4 Å². The van der Waals surface area contributed by atoms with Crippen LogP contribution < -0.4 is 0 Å². The number of aliphatic carboxylic acids is 1. The van der Waals surface area contributed by atoms with Crippen LogP contribution in [-0.2, 0) is 9.59 Å². The number of fused-ring (bicyclic) bond motifs is 1. The Kier molecular flexibility index (Phi) is 7.42. The molecule has 2 atom stereocenters. The van der Waals surface area contributed by atoms with Gasteiger partial charge in [0.15, 0.2) is 0 Å². The van der Waals surface area contributed by atoms with Crippen molar-refractivity contribution < 1.29 is 19.8 Å². The van der Waals surface area contributed by atoms with Gasteiger partial charge >= 0.3 is 5.97 Å². The Morgan fingerprint density at radius 2 is 1.86 bits per heavy atom. The molecule has 0 aromatic heterocycles. The second-order valence-corrected chi connectivity index (χ2v) is 7.69. The molecule has 1 aliphatic rings. The predicted octanol–water partition coefficient (Wildman–Crippen LogP) is 4.46. The highest BCUT2D eigenvalue weighted by Crippen LogP contribution is 2.24. The third-order valence-electron chi connectivity index (χ3n) is 5.54. The summed E-state index contributed by atoms with van der Waals surface area (Å²) in [6, 6.07) is 14.0. The maximum Gasteiger partial charge on any atom is 0.303 e. The van der Waals surface area contributed by atoms with Gasteiger partial charge in [-0.15, -0.1) is 0 Å². The molecule has 2 aromatic rings. The van der Waals surface area contributed by atoms with E-state index in [4.69, 9.17) is 5.11 Å². The summed E-state index contributed by atoms with van der Waals surface area (Å²) in [6.45, 7) is 0.687. The molecule has 0 spiro atoms. The molecule has 2 aromatic carbocycles. The Labute approximate surface area is 171 Å². The number of hydrogen-bond acceptors (Lipinski definition) is 3. The van der Waals surface area contributed by atoms with E-state index in [9.17, 15) is 14.7 Å². The van der Waals surface area contributed by atoms with Crippen molar-refractivity contribution in [1.82, 2.24) is 4.90 Å². The number of aliphatic hydroxyl groups is 1. The van der Waals surface area contributed by atoms with Crippen LogP contribution in [0.15, 0.2) is 54.6 Å². The molecular formula is C24H29NO4. The molecule has 0 radical (unpaired) electrons. The molecule has 1 fully saturated rings. The minimum absolute atomic E-state index is 0.0247. The fourth-order valence-corrected chi connectivity index (χ4v) is 3.89. The summed E-state index contributed by atoms with van der Waals surface area (Å²) in [5.74, 6) is -0.597. The summed E-state index contributed by atoms with van der Waals surface area (Å²) in [4.78, 5) is 24.6. The van der Waals surface area contributed by atoms with E-state index in [0.29, 0.717) is 19.4 Å². The van der Waals surface area contributed by atoms with Crippen LogP contribution in [-0.4, -0.2) is 39.6 Å². The molecule has 2 unspecified atom stereocenters. The summed E-state index contributed by atoms with van der Waals surface area (Å²) in [5.41, 5.74) is 0.842. The Balaban J connectivity index is 1.53. The highest BCUT2D eigenvalue weighted by atomic mass is 16.4. The van der Waals surface area contributed by atoms with E-state index < -0.39 is 12.1 Å². The number of rotatable bonds is 10. The minimum atomic E-state index is -0.755. The Morgan fingerprint density at radius 3 is 2.66 bits per heavy atom. The number of unbranched alkanes of at least 4 members (excludes halogenated alkanes) is 3. The van der Waals surface area contributed by atoms with E-state index >= 15 is 0 Å². The van der Waals surface area contributed by atoms with Crippen molar-refractivity contribution in [3.63, 3.8) is 0 Å². The first-order chi connectivity index (χ1) is 14.0. The SMILES string of the molecule is O=C(O)CCCCCCN1C(=O)CCC1C=CC(O)c1ccc2ccccc2c1. The van der Waals surface area contributed by atoms with E-state index in [1.165, 1.54) is 0 Å². The van der Waals surface area contributed by atoms with Crippen LogP contribution in [0.2, 0.25) is 0 Å². The van der Waals surface area contributed by atoms with Crippen molar-refractivity contribution in [1.29, 1.82) is 0 Å². The minimum Gasteiger partial charge on any atom is -0.481 e. The van der Waals surface area contributed by atoms with E-state index in [1.54, 1.807) is 6.08 Å². The number of benzene rings is 2. The summed E-state index contributed by atoms with van der Waals surface area (Å²) >= 11 is 0. The summed E-state index contributed by atoms with van der Waals surface area (Å²) in [7, 11) is 0. The second-order valence-electron chi connectivity index (χ2n) is 7.69. The van der Waals surface area contributed by atoms with Gasteiger partial charge in [0.25, 0.3) is 0 Å². The highest BCUT2D eigenvalue weighted by molar-refractivity contribution is 5.83. The molecule has 2 N–H and O–H groups in total. The van der Waals surface area contributed by atoms with Gasteiger partial charge in [-0.05, 0) is 41.7 Å². The van der Waals surface area contributed by atoms with Crippen molar-refractivity contribution in [3.05, 3.63) is 60.2 Å². The van der Waals surface area contributed by atoms with Gasteiger partial charge in [-0.3, -0.25) is 9.59 Å². The van der Waals surface area contributed by atoms with Crippen molar-refractivity contribution in [2.75, 3.05) is 6.54 Å². The van der Waals surface area contributed by atoms with Crippen LogP contribution >= 0.6 is 0 Å². The molecule has 0 saturated carbocycles. The van der Waals surface area contributed by atoms with E-state index in [0.717, 1.165) is 42.0 Å². The van der Waals surface area contributed by atoms with Crippen LogP contribution in [0.3, 0.4) is 0 Å². The standard InChI is InChI=1S/C24H29NO4/c26-22(20-11-10-18-7-4-5-8-19(18)17-20)14-12-21-13-15-23(27)25(21)16-6-2-1-3-9-24(28)29/h4-5,7-8,10-12,14,17,21-22,26H,1-3,6,9,13,15-16H2,(H,28,29). The predicted molar refractivity (Wildman–Crippen MR) is 114 cm³/mol. The topological polar surface area (TPSA) is 77.8 Å². The third-order valence-corrected chi connectivity index (χ3v) is 5.54. The number of nitrogens with zero attached hydrogens (tertiary/aromatic N) is 1. The van der Waals surface area contributed by atoms with Crippen molar-refractivity contribution >= 4 is 22.6 Å². The van der Waals surface area contributed by atoms with Crippen molar-refractivity contribution in [2.24, 2.45) is 0 Å². The lowest BCUT2D eigenvalue weighted by Crippen LogP contribution is -2.32. The van der Waals surface area contributed by atoms with Gasteiger partial charge in [0.2, 0.25) is 5.91 Å². The zero-order valence-electron chi connectivity index (χ0n) is 16.7. The molecule has 1 aliphatic heterocycles. The number of carbonyl (C=O) groups excluding carboxylic acids is 1. The first-order valence-corrected chi connectivity index (χ1v) is 10.4. The molecule has 0 aliphatic carbocycles. The molecule has 3 rings (SSSR count). The Bertz CT molecular complexity index is 876. The Morgan fingerprint density at radius 1 is 1.10 bits per heavy atom. The molecule has 5 heteroatoms. The fraction of sp³-hybridized carbons (Fsp3) is 0.417. The summed E-state index contributed by atoms with van der Waals surface area (Å²) in [6.07, 6.45) is 7.92. The molecular weight excluding hydrogens is 366 g/mol. The maximum absolute atomic E-state index is 12.2. The molecule has 29 heavy (non-hydrogen) atoms. The number of carboxylic acids is 1.